The Balaban J connectivity index is 2.04. The minimum atomic E-state index is 0.564. The maximum absolute atomic E-state index is 5.71. The molecule has 2 aromatic carbocycles. The Bertz CT molecular complexity index is 756. The van der Waals surface area contributed by atoms with E-state index < -0.39 is 0 Å². The molecule has 0 radical (unpaired) electrons. The Morgan fingerprint density at radius 2 is 1.95 bits per heavy atom. The van der Waals surface area contributed by atoms with Crippen LogP contribution in [0.15, 0.2) is 42.5 Å². The molecular weight excluding hydrogens is 246 g/mol. The van der Waals surface area contributed by atoms with Crippen LogP contribution in [0.3, 0.4) is 0 Å². The van der Waals surface area contributed by atoms with Crippen LogP contribution in [0.1, 0.15) is 22.5 Å². The number of aryl methyl sites for hydroxylation is 2. The third-order valence-electron chi connectivity index (χ3n) is 3.88. The lowest BCUT2D eigenvalue weighted by atomic mass is 10.1. The number of hydrogen-bond acceptors (Lipinski definition) is 2. The van der Waals surface area contributed by atoms with Gasteiger partial charge in [-0.25, -0.2) is 4.98 Å². The van der Waals surface area contributed by atoms with Gasteiger partial charge < -0.3 is 10.3 Å². The molecule has 0 bridgehead atoms. The number of nitrogens with two attached hydrogens (primary N) is 1. The molecule has 3 heteroatoms. The van der Waals surface area contributed by atoms with Crippen LogP contribution < -0.4 is 5.73 Å². The minimum absolute atomic E-state index is 0.564. The first-order chi connectivity index (χ1) is 9.69. The maximum atomic E-state index is 5.71. The van der Waals surface area contributed by atoms with Gasteiger partial charge in [-0.05, 0) is 35.7 Å². The molecule has 0 fully saturated rings. The molecule has 0 aliphatic rings. The highest BCUT2D eigenvalue weighted by molar-refractivity contribution is 5.77. The number of aromatic nitrogens is 2. The van der Waals surface area contributed by atoms with Gasteiger partial charge in [-0.1, -0.05) is 30.3 Å². The third-order valence-corrected chi connectivity index (χ3v) is 3.88. The van der Waals surface area contributed by atoms with Gasteiger partial charge >= 0.3 is 0 Å². The number of fused-ring (bicyclic) bond motifs is 1. The second-order valence-electron chi connectivity index (χ2n) is 5.22. The van der Waals surface area contributed by atoms with Crippen LogP contribution >= 0.6 is 0 Å². The van der Waals surface area contributed by atoms with Crippen molar-refractivity contribution in [2.24, 2.45) is 12.8 Å². The van der Waals surface area contributed by atoms with Gasteiger partial charge in [-0.3, -0.25) is 0 Å². The number of benzene rings is 2. The van der Waals surface area contributed by atoms with Crippen molar-refractivity contribution in [2.45, 2.75) is 19.9 Å². The molecule has 0 saturated heterocycles. The molecule has 1 aromatic heterocycles. The average Bonchev–Trinajstić information content (AvgIpc) is 2.77. The first kappa shape index (κ1) is 12.9. The van der Waals surface area contributed by atoms with E-state index in [1.54, 1.807) is 0 Å². The summed E-state index contributed by atoms with van der Waals surface area (Å²) in [5.41, 5.74) is 11.7. The zero-order chi connectivity index (χ0) is 14.1. The van der Waals surface area contributed by atoms with Gasteiger partial charge in [-0.15, -0.1) is 0 Å². The molecule has 0 unspecified atom stereocenters. The van der Waals surface area contributed by atoms with Crippen molar-refractivity contribution in [1.29, 1.82) is 0 Å². The van der Waals surface area contributed by atoms with Crippen LogP contribution in [0, 0.1) is 6.92 Å². The topological polar surface area (TPSA) is 43.8 Å². The molecule has 0 aliphatic carbocycles. The normalized spacial score (nSPS) is 11.2. The molecule has 102 valence electrons. The molecular formula is C17H19N3. The second kappa shape index (κ2) is 5.10. The standard InChI is InChI=1S/C17H19N3/c1-12-5-3-4-6-14(12)10-17-19-15-8-7-13(11-18)9-16(15)20(17)2/h3-9H,10-11,18H2,1-2H3. The highest BCUT2D eigenvalue weighted by Crippen LogP contribution is 2.20. The van der Waals surface area contributed by atoms with Gasteiger partial charge in [0.25, 0.3) is 0 Å². The predicted octanol–water partition coefficient (Wildman–Crippen LogP) is 2.93. The molecule has 3 aromatic rings. The first-order valence-corrected chi connectivity index (χ1v) is 6.88. The van der Waals surface area contributed by atoms with E-state index in [2.05, 4.69) is 54.9 Å². The highest BCUT2D eigenvalue weighted by Gasteiger charge is 2.09. The van der Waals surface area contributed by atoms with Crippen molar-refractivity contribution in [3.63, 3.8) is 0 Å². The summed E-state index contributed by atoms with van der Waals surface area (Å²) in [6, 6.07) is 14.7. The molecule has 1 heterocycles. The number of rotatable bonds is 3. The predicted molar refractivity (Wildman–Crippen MR) is 82.6 cm³/mol. The smallest absolute Gasteiger partial charge is 0.114 e. The fourth-order valence-corrected chi connectivity index (χ4v) is 2.55. The number of hydrogen-bond donors (Lipinski definition) is 1. The van der Waals surface area contributed by atoms with Crippen molar-refractivity contribution in [2.75, 3.05) is 0 Å². The summed E-state index contributed by atoms with van der Waals surface area (Å²) < 4.78 is 2.17. The van der Waals surface area contributed by atoms with Crippen molar-refractivity contribution >= 4 is 11.0 Å². The van der Waals surface area contributed by atoms with E-state index in [9.17, 15) is 0 Å². The zero-order valence-electron chi connectivity index (χ0n) is 11.9. The van der Waals surface area contributed by atoms with E-state index >= 15 is 0 Å². The molecule has 3 rings (SSSR count). The van der Waals surface area contributed by atoms with Crippen LogP contribution in [0.5, 0.6) is 0 Å². The Morgan fingerprint density at radius 3 is 2.70 bits per heavy atom. The quantitative estimate of drug-likeness (QED) is 0.791. The van der Waals surface area contributed by atoms with E-state index in [0.29, 0.717) is 6.54 Å². The summed E-state index contributed by atoms with van der Waals surface area (Å²) >= 11 is 0. The third kappa shape index (κ3) is 2.21. The van der Waals surface area contributed by atoms with Crippen LogP contribution in [-0.2, 0) is 20.0 Å². The van der Waals surface area contributed by atoms with Gasteiger partial charge in [0.15, 0.2) is 0 Å². The molecule has 2 N–H and O–H groups in total. The summed E-state index contributed by atoms with van der Waals surface area (Å²) in [7, 11) is 2.07. The Kier molecular flexibility index (Phi) is 3.28. The monoisotopic (exact) mass is 265 g/mol. The zero-order valence-corrected chi connectivity index (χ0v) is 11.9. The summed E-state index contributed by atoms with van der Waals surface area (Å²) in [6.45, 7) is 2.71. The Labute approximate surface area is 119 Å². The lowest BCUT2D eigenvalue weighted by molar-refractivity contribution is 0.841. The molecule has 0 amide bonds. The Hall–Kier alpha value is -2.13. The summed E-state index contributed by atoms with van der Waals surface area (Å²) in [5, 5.41) is 0. The lowest BCUT2D eigenvalue weighted by Crippen LogP contribution is -2.01. The largest absolute Gasteiger partial charge is 0.331 e. The van der Waals surface area contributed by atoms with E-state index in [-0.39, 0.29) is 0 Å². The molecule has 20 heavy (non-hydrogen) atoms. The summed E-state index contributed by atoms with van der Waals surface area (Å²) in [5.74, 6) is 1.09. The maximum Gasteiger partial charge on any atom is 0.114 e. The van der Waals surface area contributed by atoms with Crippen LogP contribution in [-0.4, -0.2) is 9.55 Å². The molecule has 0 aliphatic heterocycles. The molecule has 0 atom stereocenters. The van der Waals surface area contributed by atoms with Gasteiger partial charge in [0.1, 0.15) is 5.82 Å². The van der Waals surface area contributed by atoms with Crippen LogP contribution in [0.25, 0.3) is 11.0 Å². The van der Waals surface area contributed by atoms with Gasteiger partial charge in [0.05, 0.1) is 11.0 Å². The van der Waals surface area contributed by atoms with Gasteiger partial charge in [-0.2, -0.15) is 0 Å². The summed E-state index contributed by atoms with van der Waals surface area (Å²) in [6.07, 6.45) is 0.857. The first-order valence-electron chi connectivity index (χ1n) is 6.88. The molecule has 0 saturated carbocycles. The number of nitrogens with zero attached hydrogens (tertiary/aromatic N) is 2. The Morgan fingerprint density at radius 1 is 1.15 bits per heavy atom. The van der Waals surface area contributed by atoms with Crippen molar-refractivity contribution in [3.8, 4) is 0 Å². The van der Waals surface area contributed by atoms with E-state index in [1.165, 1.54) is 11.1 Å². The van der Waals surface area contributed by atoms with Gasteiger partial charge in [0, 0.05) is 20.0 Å². The lowest BCUT2D eigenvalue weighted by Gasteiger charge is -2.06. The van der Waals surface area contributed by atoms with Crippen molar-refractivity contribution in [1.82, 2.24) is 9.55 Å². The van der Waals surface area contributed by atoms with Crippen molar-refractivity contribution in [3.05, 3.63) is 65.0 Å². The van der Waals surface area contributed by atoms with E-state index in [1.807, 2.05) is 6.07 Å². The fourth-order valence-electron chi connectivity index (χ4n) is 2.55. The fraction of sp³-hybridized carbons (Fsp3) is 0.235. The molecule has 3 nitrogen and oxygen atoms in total. The van der Waals surface area contributed by atoms with Crippen molar-refractivity contribution < 1.29 is 0 Å². The van der Waals surface area contributed by atoms with E-state index in [0.717, 1.165) is 28.8 Å². The SMILES string of the molecule is Cc1ccccc1Cc1nc2ccc(CN)cc2n1C. The minimum Gasteiger partial charge on any atom is -0.331 e. The van der Waals surface area contributed by atoms with E-state index in [4.69, 9.17) is 10.7 Å². The number of imidazole rings is 1. The van der Waals surface area contributed by atoms with Gasteiger partial charge in [0.2, 0.25) is 0 Å². The summed E-state index contributed by atoms with van der Waals surface area (Å²) in [4.78, 5) is 4.75. The molecule has 0 spiro atoms. The van der Waals surface area contributed by atoms with Crippen LogP contribution in [0.2, 0.25) is 0 Å². The van der Waals surface area contributed by atoms with Crippen LogP contribution in [0.4, 0.5) is 0 Å². The average molecular weight is 265 g/mol. The second-order valence-corrected chi connectivity index (χ2v) is 5.22. The highest BCUT2D eigenvalue weighted by atomic mass is 15.1.